The Morgan fingerprint density at radius 1 is 1.21 bits per heavy atom. The lowest BCUT2D eigenvalue weighted by atomic mass is 9.93. The van der Waals surface area contributed by atoms with Gasteiger partial charge in [-0.3, -0.25) is 0 Å². The smallest absolute Gasteiger partial charge is 0.243 e. The van der Waals surface area contributed by atoms with Crippen LogP contribution in [0.3, 0.4) is 0 Å². The normalized spacial score (nSPS) is 24.6. The van der Waals surface area contributed by atoms with E-state index in [0.29, 0.717) is 17.9 Å². The second kappa shape index (κ2) is 5.79. The molecule has 0 amide bonds. The van der Waals surface area contributed by atoms with Gasteiger partial charge in [-0.05, 0) is 37.1 Å². The van der Waals surface area contributed by atoms with Crippen LogP contribution in [0.1, 0.15) is 25.7 Å². The number of benzene rings is 1. The maximum Gasteiger partial charge on any atom is 0.243 e. The standard InChI is InChI=1S/C13H18ClNO3S/c1-15(12-4-2-3-5-13(12)16)19(17,18)11-8-6-10(14)7-9-11/h6-9,12-13,16H,2-5H2,1H3/t12-,13-/m0/s1. The Hall–Kier alpha value is -0.620. The van der Waals surface area contributed by atoms with Crippen LogP contribution in [0, 0.1) is 0 Å². The van der Waals surface area contributed by atoms with Crippen molar-refractivity contribution in [3.05, 3.63) is 29.3 Å². The molecule has 0 bridgehead atoms. The summed E-state index contributed by atoms with van der Waals surface area (Å²) in [5.41, 5.74) is 0. The van der Waals surface area contributed by atoms with Crippen LogP contribution in [0.5, 0.6) is 0 Å². The minimum Gasteiger partial charge on any atom is -0.391 e. The Bertz CT molecular complexity index is 529. The quantitative estimate of drug-likeness (QED) is 0.932. The summed E-state index contributed by atoms with van der Waals surface area (Å²) in [5.74, 6) is 0. The summed E-state index contributed by atoms with van der Waals surface area (Å²) >= 11 is 5.76. The molecule has 0 radical (unpaired) electrons. The van der Waals surface area contributed by atoms with Gasteiger partial charge < -0.3 is 5.11 Å². The van der Waals surface area contributed by atoms with E-state index in [-0.39, 0.29) is 10.9 Å². The largest absolute Gasteiger partial charge is 0.391 e. The summed E-state index contributed by atoms with van der Waals surface area (Å²) in [6.45, 7) is 0. The van der Waals surface area contributed by atoms with Gasteiger partial charge in [0.1, 0.15) is 0 Å². The van der Waals surface area contributed by atoms with Crippen LogP contribution < -0.4 is 0 Å². The van der Waals surface area contributed by atoms with E-state index in [9.17, 15) is 13.5 Å². The molecule has 1 fully saturated rings. The molecular weight excluding hydrogens is 286 g/mol. The van der Waals surface area contributed by atoms with E-state index >= 15 is 0 Å². The first-order valence-corrected chi connectivity index (χ1v) is 8.16. The number of hydrogen-bond acceptors (Lipinski definition) is 3. The summed E-state index contributed by atoms with van der Waals surface area (Å²) in [6, 6.07) is 5.75. The topological polar surface area (TPSA) is 57.6 Å². The zero-order valence-electron chi connectivity index (χ0n) is 10.8. The third kappa shape index (κ3) is 3.11. The molecule has 0 saturated heterocycles. The molecule has 0 aliphatic heterocycles. The predicted octanol–water partition coefficient (Wildman–Crippen LogP) is 2.26. The van der Waals surface area contributed by atoms with E-state index in [2.05, 4.69) is 0 Å². The van der Waals surface area contributed by atoms with Crippen molar-refractivity contribution in [2.75, 3.05) is 7.05 Å². The molecule has 19 heavy (non-hydrogen) atoms. The van der Waals surface area contributed by atoms with E-state index < -0.39 is 16.1 Å². The van der Waals surface area contributed by atoms with Gasteiger partial charge in [0.25, 0.3) is 0 Å². The highest BCUT2D eigenvalue weighted by Gasteiger charge is 2.34. The maximum absolute atomic E-state index is 12.5. The van der Waals surface area contributed by atoms with Gasteiger partial charge in [0, 0.05) is 12.1 Å². The van der Waals surface area contributed by atoms with Crippen LogP contribution in [0.15, 0.2) is 29.2 Å². The van der Waals surface area contributed by atoms with E-state index in [1.165, 1.54) is 23.5 Å². The lowest BCUT2D eigenvalue weighted by molar-refractivity contribution is 0.0638. The Balaban J connectivity index is 2.25. The maximum atomic E-state index is 12.5. The van der Waals surface area contributed by atoms with E-state index in [4.69, 9.17) is 11.6 Å². The molecule has 2 rings (SSSR count). The molecule has 1 aromatic carbocycles. The fourth-order valence-corrected chi connectivity index (χ4v) is 4.01. The van der Waals surface area contributed by atoms with Crippen molar-refractivity contribution in [1.82, 2.24) is 4.31 Å². The van der Waals surface area contributed by atoms with Crippen molar-refractivity contribution in [2.24, 2.45) is 0 Å². The molecule has 0 unspecified atom stereocenters. The van der Waals surface area contributed by atoms with Crippen LogP contribution in [0.4, 0.5) is 0 Å². The molecule has 1 aliphatic rings. The number of halogens is 1. The average Bonchev–Trinajstić information content (AvgIpc) is 2.39. The highest BCUT2D eigenvalue weighted by molar-refractivity contribution is 7.89. The second-order valence-electron chi connectivity index (χ2n) is 4.89. The Morgan fingerprint density at radius 2 is 1.79 bits per heavy atom. The number of hydrogen-bond donors (Lipinski definition) is 1. The predicted molar refractivity (Wildman–Crippen MR) is 74.7 cm³/mol. The molecule has 0 aromatic heterocycles. The van der Waals surface area contributed by atoms with Crippen LogP contribution in [0.25, 0.3) is 0 Å². The second-order valence-corrected chi connectivity index (χ2v) is 7.33. The van der Waals surface area contributed by atoms with Crippen molar-refractivity contribution in [3.8, 4) is 0 Å². The van der Waals surface area contributed by atoms with Gasteiger partial charge in [0.15, 0.2) is 0 Å². The van der Waals surface area contributed by atoms with Crippen LogP contribution in [0.2, 0.25) is 5.02 Å². The van der Waals surface area contributed by atoms with Gasteiger partial charge in [0.05, 0.1) is 17.0 Å². The highest BCUT2D eigenvalue weighted by atomic mass is 35.5. The first-order valence-electron chi connectivity index (χ1n) is 6.34. The summed E-state index contributed by atoms with van der Waals surface area (Å²) in [6.07, 6.45) is 2.67. The molecule has 1 N–H and O–H groups in total. The zero-order chi connectivity index (χ0) is 14.0. The lowest BCUT2D eigenvalue weighted by Crippen LogP contribution is -2.46. The minimum atomic E-state index is -3.57. The number of rotatable bonds is 3. The molecule has 6 heteroatoms. The van der Waals surface area contributed by atoms with Gasteiger partial charge in [-0.2, -0.15) is 4.31 Å². The summed E-state index contributed by atoms with van der Waals surface area (Å²) in [7, 11) is -2.04. The van der Waals surface area contributed by atoms with Gasteiger partial charge in [-0.15, -0.1) is 0 Å². The molecule has 0 heterocycles. The first kappa shape index (κ1) is 14.8. The number of likely N-dealkylation sites (N-methyl/N-ethyl adjacent to an activating group) is 1. The summed E-state index contributed by atoms with van der Waals surface area (Å²) in [4.78, 5) is 0.206. The molecule has 1 aliphatic carbocycles. The van der Waals surface area contributed by atoms with Crippen molar-refractivity contribution in [3.63, 3.8) is 0 Å². The number of aliphatic hydroxyl groups is 1. The average molecular weight is 304 g/mol. The minimum absolute atomic E-state index is 0.206. The SMILES string of the molecule is CN([C@H]1CCCC[C@@H]1O)S(=O)(=O)c1ccc(Cl)cc1. The molecule has 1 saturated carbocycles. The third-order valence-corrected chi connectivity index (χ3v) is 5.80. The molecule has 1 aromatic rings. The molecular formula is C13H18ClNO3S. The van der Waals surface area contributed by atoms with Gasteiger partial charge in [-0.1, -0.05) is 24.4 Å². The van der Waals surface area contributed by atoms with Crippen LogP contribution >= 0.6 is 11.6 Å². The summed E-state index contributed by atoms with van der Waals surface area (Å²) < 4.78 is 26.2. The van der Waals surface area contributed by atoms with E-state index in [1.54, 1.807) is 12.1 Å². The fraction of sp³-hybridized carbons (Fsp3) is 0.538. The van der Waals surface area contributed by atoms with Crippen molar-refractivity contribution < 1.29 is 13.5 Å². The van der Waals surface area contributed by atoms with Gasteiger partial charge in [-0.25, -0.2) is 8.42 Å². The van der Waals surface area contributed by atoms with Crippen LogP contribution in [-0.2, 0) is 10.0 Å². The Labute approximate surface area is 119 Å². The van der Waals surface area contributed by atoms with Gasteiger partial charge in [0.2, 0.25) is 10.0 Å². The van der Waals surface area contributed by atoms with E-state index in [1.807, 2.05) is 0 Å². The number of sulfonamides is 1. The number of nitrogens with zero attached hydrogens (tertiary/aromatic N) is 1. The number of aliphatic hydroxyl groups excluding tert-OH is 1. The third-order valence-electron chi connectivity index (χ3n) is 3.65. The van der Waals surface area contributed by atoms with Crippen molar-refractivity contribution in [1.29, 1.82) is 0 Å². The molecule has 106 valence electrons. The first-order chi connectivity index (χ1) is 8.93. The Kier molecular flexibility index (Phi) is 4.50. The molecule has 4 nitrogen and oxygen atoms in total. The lowest BCUT2D eigenvalue weighted by Gasteiger charge is -2.34. The monoisotopic (exact) mass is 303 g/mol. The fourth-order valence-electron chi connectivity index (χ4n) is 2.47. The summed E-state index contributed by atoms with van der Waals surface area (Å²) in [5, 5.41) is 10.5. The van der Waals surface area contributed by atoms with Crippen molar-refractivity contribution in [2.45, 2.75) is 42.7 Å². The van der Waals surface area contributed by atoms with Crippen LogP contribution in [-0.4, -0.2) is 37.0 Å². The Morgan fingerprint density at radius 3 is 2.37 bits per heavy atom. The van der Waals surface area contributed by atoms with Crippen molar-refractivity contribution >= 4 is 21.6 Å². The molecule has 0 spiro atoms. The van der Waals surface area contributed by atoms with Gasteiger partial charge >= 0.3 is 0 Å². The highest BCUT2D eigenvalue weighted by Crippen LogP contribution is 2.27. The zero-order valence-corrected chi connectivity index (χ0v) is 12.4. The molecule has 2 atom stereocenters. The van der Waals surface area contributed by atoms with E-state index in [0.717, 1.165) is 12.8 Å².